The average Bonchev–Trinajstić information content (AvgIpc) is 3.18. The largest absolute Gasteiger partial charge is 0.352 e. The lowest BCUT2D eigenvalue weighted by molar-refractivity contribution is 0.394. The molecule has 1 aliphatic heterocycles. The molecule has 0 spiro atoms. The highest BCUT2D eigenvalue weighted by Crippen LogP contribution is 2.26. The van der Waals surface area contributed by atoms with Crippen LogP contribution in [-0.4, -0.2) is 41.9 Å². The van der Waals surface area contributed by atoms with Crippen LogP contribution in [0.25, 0.3) is 5.78 Å². The lowest BCUT2D eigenvalue weighted by Crippen LogP contribution is -2.43. The smallest absolute Gasteiger partial charge is 0.254 e. The van der Waals surface area contributed by atoms with Crippen LogP contribution in [0.15, 0.2) is 30.9 Å². The Morgan fingerprint density at radius 2 is 2.23 bits per heavy atom. The van der Waals surface area contributed by atoms with E-state index in [1.165, 1.54) is 12.8 Å². The van der Waals surface area contributed by atoms with Crippen LogP contribution in [0.5, 0.6) is 0 Å². The number of piperidine rings is 1. The highest BCUT2D eigenvalue weighted by Gasteiger charge is 2.25. The molecule has 0 aliphatic carbocycles. The van der Waals surface area contributed by atoms with Gasteiger partial charge in [0.2, 0.25) is 0 Å². The maximum absolute atomic E-state index is 4.44. The minimum absolute atomic E-state index is 0.419. The molecule has 1 saturated heterocycles. The minimum atomic E-state index is 0.419. The molecule has 0 bridgehead atoms. The predicted octanol–water partition coefficient (Wildman–Crippen LogP) is 1.69. The number of nitrogens with zero attached hydrogens (tertiary/aromatic N) is 7. The Kier molecular flexibility index (Phi) is 3.25. The van der Waals surface area contributed by atoms with Gasteiger partial charge >= 0.3 is 0 Å². The summed E-state index contributed by atoms with van der Waals surface area (Å²) in [5, 5.41) is 8.70. The summed E-state index contributed by atoms with van der Waals surface area (Å²) >= 11 is 0. The number of hydrogen-bond donors (Lipinski definition) is 0. The summed E-state index contributed by atoms with van der Waals surface area (Å²) in [7, 11) is 0. The zero-order valence-electron chi connectivity index (χ0n) is 12.6. The molecule has 1 aliphatic rings. The molecule has 0 radical (unpaired) electrons. The summed E-state index contributed by atoms with van der Waals surface area (Å²) in [5.74, 6) is 1.75. The zero-order chi connectivity index (χ0) is 14.9. The summed E-state index contributed by atoms with van der Waals surface area (Å²) in [6.45, 7) is 3.93. The minimum Gasteiger partial charge on any atom is -0.352 e. The molecule has 0 saturated carbocycles. The molecule has 3 aromatic rings. The fraction of sp³-hybridized carbons (Fsp3) is 0.467. The van der Waals surface area contributed by atoms with Crippen LogP contribution in [0.4, 0.5) is 5.82 Å². The van der Waals surface area contributed by atoms with Crippen molar-refractivity contribution >= 4 is 11.6 Å². The number of aryl methyl sites for hydroxylation is 1. The first kappa shape index (κ1) is 13.2. The molecule has 1 atom stereocenters. The van der Waals surface area contributed by atoms with Crippen LogP contribution in [0.2, 0.25) is 0 Å². The van der Waals surface area contributed by atoms with E-state index >= 15 is 0 Å². The van der Waals surface area contributed by atoms with Gasteiger partial charge in [0, 0.05) is 36.7 Å². The molecule has 0 amide bonds. The fourth-order valence-electron chi connectivity index (χ4n) is 3.23. The van der Waals surface area contributed by atoms with Crippen molar-refractivity contribution in [3.05, 3.63) is 36.5 Å². The van der Waals surface area contributed by atoms with E-state index < -0.39 is 0 Å². The van der Waals surface area contributed by atoms with Gasteiger partial charge in [0.25, 0.3) is 5.78 Å². The van der Waals surface area contributed by atoms with Crippen LogP contribution in [0.1, 0.15) is 25.0 Å². The Hall–Kier alpha value is -2.44. The van der Waals surface area contributed by atoms with Crippen molar-refractivity contribution in [3.63, 3.8) is 0 Å². The molecule has 4 heterocycles. The zero-order valence-corrected chi connectivity index (χ0v) is 12.6. The third-order valence-corrected chi connectivity index (χ3v) is 4.24. The van der Waals surface area contributed by atoms with E-state index in [-0.39, 0.29) is 0 Å². The second-order valence-corrected chi connectivity index (χ2v) is 5.80. The molecule has 0 aromatic carbocycles. The Morgan fingerprint density at radius 1 is 1.27 bits per heavy atom. The predicted molar refractivity (Wildman–Crippen MR) is 82.7 cm³/mol. The van der Waals surface area contributed by atoms with E-state index in [1.54, 1.807) is 6.33 Å². The Bertz CT molecular complexity index is 761. The molecule has 0 N–H and O–H groups in total. The van der Waals surface area contributed by atoms with Crippen LogP contribution >= 0.6 is 0 Å². The van der Waals surface area contributed by atoms with E-state index in [0.29, 0.717) is 11.8 Å². The molecule has 3 aromatic heterocycles. The monoisotopic (exact) mass is 297 g/mol. The first-order valence-electron chi connectivity index (χ1n) is 7.73. The second-order valence-electron chi connectivity index (χ2n) is 5.80. The highest BCUT2D eigenvalue weighted by atomic mass is 15.4. The van der Waals surface area contributed by atoms with E-state index in [1.807, 2.05) is 34.6 Å². The lowest BCUT2D eigenvalue weighted by Gasteiger charge is -2.37. The van der Waals surface area contributed by atoms with Crippen molar-refractivity contribution in [1.82, 2.24) is 29.4 Å². The van der Waals surface area contributed by atoms with Crippen molar-refractivity contribution in [2.75, 3.05) is 11.4 Å². The topological polar surface area (TPSA) is 64.1 Å². The van der Waals surface area contributed by atoms with E-state index in [2.05, 4.69) is 31.1 Å². The van der Waals surface area contributed by atoms with Gasteiger partial charge in [-0.1, -0.05) is 0 Å². The van der Waals surface area contributed by atoms with Crippen molar-refractivity contribution in [2.45, 2.75) is 38.8 Å². The molecule has 7 nitrogen and oxygen atoms in total. The number of fused-ring (bicyclic) bond motifs is 1. The number of hydrogen-bond acceptors (Lipinski definition) is 5. The average molecular weight is 297 g/mol. The van der Waals surface area contributed by atoms with Gasteiger partial charge in [-0.05, 0) is 32.3 Å². The normalized spacial score (nSPS) is 19.0. The first-order chi connectivity index (χ1) is 10.8. The van der Waals surface area contributed by atoms with Crippen LogP contribution in [0.3, 0.4) is 0 Å². The quantitative estimate of drug-likeness (QED) is 0.736. The van der Waals surface area contributed by atoms with Gasteiger partial charge in [0.1, 0.15) is 12.1 Å². The summed E-state index contributed by atoms with van der Waals surface area (Å²) in [4.78, 5) is 11.1. The van der Waals surface area contributed by atoms with Gasteiger partial charge in [-0.15, -0.1) is 0 Å². The molecule has 0 unspecified atom stereocenters. The molecule has 4 rings (SSSR count). The summed E-state index contributed by atoms with van der Waals surface area (Å²) in [5.41, 5.74) is 0.971. The van der Waals surface area contributed by atoms with Crippen LogP contribution in [0, 0.1) is 6.92 Å². The van der Waals surface area contributed by atoms with Gasteiger partial charge in [-0.2, -0.15) is 19.7 Å². The van der Waals surface area contributed by atoms with Crippen molar-refractivity contribution < 1.29 is 0 Å². The van der Waals surface area contributed by atoms with Crippen molar-refractivity contribution in [3.8, 4) is 0 Å². The molecule has 7 heteroatoms. The van der Waals surface area contributed by atoms with Crippen LogP contribution in [-0.2, 0) is 6.54 Å². The second kappa shape index (κ2) is 5.40. The van der Waals surface area contributed by atoms with Gasteiger partial charge in [-0.25, -0.2) is 4.98 Å². The van der Waals surface area contributed by atoms with Crippen molar-refractivity contribution in [1.29, 1.82) is 0 Å². The fourth-order valence-corrected chi connectivity index (χ4v) is 3.23. The molecule has 114 valence electrons. The summed E-state index contributed by atoms with van der Waals surface area (Å²) in [6, 6.07) is 4.49. The molecular weight excluding hydrogens is 278 g/mol. The van der Waals surface area contributed by atoms with Gasteiger partial charge in [0.05, 0.1) is 6.54 Å². The Morgan fingerprint density at radius 3 is 3.09 bits per heavy atom. The third-order valence-electron chi connectivity index (χ3n) is 4.24. The third kappa shape index (κ3) is 2.32. The Labute approximate surface area is 128 Å². The summed E-state index contributed by atoms with van der Waals surface area (Å²) < 4.78 is 3.85. The maximum atomic E-state index is 4.44. The molecule has 22 heavy (non-hydrogen) atoms. The molecule has 1 fully saturated rings. The lowest BCUT2D eigenvalue weighted by atomic mass is 10.0. The molecular formula is C15H19N7. The SMILES string of the molecule is Cc1cc(N2CCCC[C@H]2Cn2cccn2)n2ncnc2n1. The van der Waals surface area contributed by atoms with Gasteiger partial charge in [0.15, 0.2) is 0 Å². The maximum Gasteiger partial charge on any atom is 0.254 e. The van der Waals surface area contributed by atoms with Crippen LogP contribution < -0.4 is 4.90 Å². The van der Waals surface area contributed by atoms with Gasteiger partial charge in [-0.3, -0.25) is 4.68 Å². The Balaban J connectivity index is 1.72. The first-order valence-corrected chi connectivity index (χ1v) is 7.73. The highest BCUT2D eigenvalue weighted by molar-refractivity contribution is 5.48. The van der Waals surface area contributed by atoms with E-state index in [9.17, 15) is 0 Å². The number of rotatable bonds is 3. The van der Waals surface area contributed by atoms with E-state index in [4.69, 9.17) is 0 Å². The van der Waals surface area contributed by atoms with Gasteiger partial charge < -0.3 is 4.90 Å². The van der Waals surface area contributed by atoms with Crippen molar-refractivity contribution in [2.24, 2.45) is 0 Å². The standard InChI is InChI=1S/C15H19N7/c1-12-9-14(22-15(19-12)16-11-18-22)21-8-3-2-5-13(21)10-20-7-4-6-17-20/h4,6-7,9,11,13H,2-3,5,8,10H2,1H3/t13-/m0/s1. The number of aromatic nitrogens is 6. The van der Waals surface area contributed by atoms with E-state index in [0.717, 1.165) is 31.0 Å². The summed E-state index contributed by atoms with van der Waals surface area (Å²) in [6.07, 6.45) is 9.05. The number of anilines is 1.